The first-order valence-corrected chi connectivity index (χ1v) is 12.0. The zero-order valence-electron chi connectivity index (χ0n) is 19.1. The predicted octanol–water partition coefficient (Wildman–Crippen LogP) is 5.72. The van der Waals surface area contributed by atoms with Crippen LogP contribution in [0, 0.1) is 11.8 Å². The van der Waals surface area contributed by atoms with Crippen LogP contribution in [0.3, 0.4) is 0 Å². The van der Waals surface area contributed by atoms with Gasteiger partial charge in [-0.3, -0.25) is 9.69 Å². The summed E-state index contributed by atoms with van der Waals surface area (Å²) < 4.78 is 41.7. The average Bonchev–Trinajstić information content (AvgIpc) is 3.69. The van der Waals surface area contributed by atoms with E-state index in [0.29, 0.717) is 23.7 Å². The van der Waals surface area contributed by atoms with E-state index in [1.807, 2.05) is 12.1 Å². The van der Waals surface area contributed by atoms with Gasteiger partial charge in [0.15, 0.2) is 0 Å². The van der Waals surface area contributed by atoms with Crippen LogP contribution in [0.2, 0.25) is 5.02 Å². The van der Waals surface area contributed by atoms with Gasteiger partial charge in [-0.25, -0.2) is 0 Å². The Balaban J connectivity index is 1.54. The first-order chi connectivity index (χ1) is 17.2. The van der Waals surface area contributed by atoms with Gasteiger partial charge >= 0.3 is 6.18 Å². The minimum Gasteiger partial charge on any atom is -0.382 e. The number of anilines is 2. The fourth-order valence-electron chi connectivity index (χ4n) is 4.62. The van der Waals surface area contributed by atoms with Crippen molar-refractivity contribution in [2.24, 2.45) is 0 Å². The highest BCUT2D eigenvalue weighted by molar-refractivity contribution is 6.30. The summed E-state index contributed by atoms with van der Waals surface area (Å²) in [6.07, 6.45) is -1.68. The lowest BCUT2D eigenvalue weighted by atomic mass is 9.88. The first-order valence-electron chi connectivity index (χ1n) is 11.6. The molecule has 1 unspecified atom stereocenters. The Morgan fingerprint density at radius 3 is 2.56 bits per heavy atom. The number of aryl methyl sites for hydroxylation is 1. The third-order valence-corrected chi connectivity index (χ3v) is 6.78. The van der Waals surface area contributed by atoms with Crippen LogP contribution in [0.5, 0.6) is 0 Å². The van der Waals surface area contributed by atoms with Gasteiger partial charge < -0.3 is 5.73 Å². The number of carbonyl (C=O) groups excluding carboxylic acids is 1. The van der Waals surface area contributed by atoms with Crippen LogP contribution in [-0.2, 0) is 17.4 Å². The van der Waals surface area contributed by atoms with Crippen LogP contribution in [0.4, 0.5) is 24.7 Å². The van der Waals surface area contributed by atoms with Gasteiger partial charge in [-0.15, -0.1) is 10.2 Å². The number of hydrogen-bond acceptors (Lipinski definition) is 4. The van der Waals surface area contributed by atoms with Gasteiger partial charge in [0, 0.05) is 10.7 Å². The fraction of sp³-hybridized carbons (Fsp3) is 0.296. The summed E-state index contributed by atoms with van der Waals surface area (Å²) in [5, 5.41) is 7.63. The lowest BCUT2D eigenvalue weighted by Gasteiger charge is -2.26. The van der Waals surface area contributed by atoms with E-state index in [1.165, 1.54) is 22.6 Å². The number of nitrogens with two attached hydrogens (primary N) is 1. The van der Waals surface area contributed by atoms with E-state index >= 15 is 0 Å². The molecule has 2 N–H and O–H groups in total. The molecule has 1 aliphatic heterocycles. The van der Waals surface area contributed by atoms with Crippen molar-refractivity contribution in [3.8, 4) is 11.8 Å². The number of nitrogen functional groups attached to an aromatic ring is 1. The molecule has 36 heavy (non-hydrogen) atoms. The number of hydrogen-bond donors (Lipinski definition) is 1. The number of rotatable bonds is 3. The SMILES string of the molecule is Nc1ccc(C#CCN2C(=O)C(c3ccc(Cl)cc3C(F)(F)F)CCc3cc(C4CC4)ccc32)nn1. The predicted molar refractivity (Wildman–Crippen MR) is 132 cm³/mol. The molecule has 1 saturated carbocycles. The molecule has 1 aromatic heterocycles. The van der Waals surface area contributed by atoms with Crippen molar-refractivity contribution in [3.63, 3.8) is 0 Å². The smallest absolute Gasteiger partial charge is 0.382 e. The van der Waals surface area contributed by atoms with E-state index in [1.54, 1.807) is 12.1 Å². The van der Waals surface area contributed by atoms with Crippen molar-refractivity contribution in [1.29, 1.82) is 0 Å². The molecule has 0 spiro atoms. The Hall–Kier alpha value is -3.57. The normalized spacial score (nSPS) is 17.7. The van der Waals surface area contributed by atoms with Gasteiger partial charge in [0.1, 0.15) is 11.5 Å². The molecule has 2 heterocycles. The Labute approximate surface area is 211 Å². The van der Waals surface area contributed by atoms with E-state index in [2.05, 4.69) is 28.1 Å². The van der Waals surface area contributed by atoms with Gasteiger partial charge in [-0.05, 0) is 84.5 Å². The van der Waals surface area contributed by atoms with E-state index in [9.17, 15) is 18.0 Å². The number of nitrogens with zero attached hydrogens (tertiary/aromatic N) is 3. The summed E-state index contributed by atoms with van der Waals surface area (Å²) in [6, 6.07) is 12.7. The van der Waals surface area contributed by atoms with Crippen LogP contribution in [0.1, 0.15) is 59.0 Å². The van der Waals surface area contributed by atoms with E-state index in [-0.39, 0.29) is 29.4 Å². The topological polar surface area (TPSA) is 72.1 Å². The van der Waals surface area contributed by atoms with E-state index < -0.39 is 23.6 Å². The fourth-order valence-corrected chi connectivity index (χ4v) is 4.79. The van der Waals surface area contributed by atoms with Crippen LogP contribution >= 0.6 is 11.6 Å². The number of alkyl halides is 3. The zero-order chi connectivity index (χ0) is 25.4. The molecule has 1 amide bonds. The second-order valence-corrected chi connectivity index (χ2v) is 9.49. The Bertz CT molecular complexity index is 1370. The molecule has 1 atom stereocenters. The van der Waals surface area contributed by atoms with Gasteiger partial charge in [-0.2, -0.15) is 13.2 Å². The van der Waals surface area contributed by atoms with Gasteiger partial charge in [0.25, 0.3) is 0 Å². The first kappa shape index (κ1) is 24.1. The number of amides is 1. The number of fused-ring (bicyclic) bond motifs is 1. The molecular formula is C27H22ClF3N4O. The van der Waals surface area contributed by atoms with E-state index in [4.69, 9.17) is 17.3 Å². The molecule has 184 valence electrons. The van der Waals surface area contributed by atoms with Gasteiger partial charge in [0.2, 0.25) is 5.91 Å². The summed E-state index contributed by atoms with van der Waals surface area (Å²) >= 11 is 5.89. The van der Waals surface area contributed by atoms with Crippen molar-refractivity contribution >= 4 is 29.0 Å². The highest BCUT2D eigenvalue weighted by Crippen LogP contribution is 2.44. The highest BCUT2D eigenvalue weighted by atomic mass is 35.5. The standard InChI is InChI=1S/C27H22ClF3N4O/c28-19-7-10-21(23(15-19)27(29,30)31)22-9-5-18-14-17(16-3-4-16)6-11-24(18)35(26(22)36)13-1-2-20-8-12-25(32)34-33-20/h6-8,10-12,14-16,22H,3-5,9,13H2,(H2,32,34). The number of halogens is 4. The zero-order valence-corrected chi connectivity index (χ0v) is 19.9. The number of aromatic nitrogens is 2. The Kier molecular flexibility index (Phi) is 6.35. The molecule has 1 aliphatic carbocycles. The van der Waals surface area contributed by atoms with Crippen LogP contribution in [-0.4, -0.2) is 22.6 Å². The third kappa shape index (κ3) is 5.02. The van der Waals surface area contributed by atoms with E-state index in [0.717, 1.165) is 24.5 Å². The summed E-state index contributed by atoms with van der Waals surface area (Å²) in [6.45, 7) is -0.00783. The summed E-state index contributed by atoms with van der Waals surface area (Å²) in [5.74, 6) is 5.14. The van der Waals surface area contributed by atoms with Crippen molar-refractivity contribution in [3.05, 3.63) is 81.5 Å². The summed E-state index contributed by atoms with van der Waals surface area (Å²) in [7, 11) is 0. The molecule has 0 radical (unpaired) electrons. The van der Waals surface area contributed by atoms with Crippen LogP contribution in [0.25, 0.3) is 0 Å². The third-order valence-electron chi connectivity index (χ3n) is 6.54. The number of benzene rings is 2. The van der Waals surface area contributed by atoms with Crippen molar-refractivity contribution in [2.75, 3.05) is 17.2 Å². The molecule has 3 aromatic rings. The maximum Gasteiger partial charge on any atom is 0.416 e. The summed E-state index contributed by atoms with van der Waals surface area (Å²) in [5.41, 5.74) is 7.78. The Morgan fingerprint density at radius 2 is 1.86 bits per heavy atom. The van der Waals surface area contributed by atoms with Crippen molar-refractivity contribution in [2.45, 2.75) is 43.7 Å². The lowest BCUT2D eigenvalue weighted by molar-refractivity contribution is -0.138. The second kappa shape index (κ2) is 9.47. The minimum absolute atomic E-state index is 0.00783. The molecular weight excluding hydrogens is 489 g/mol. The Morgan fingerprint density at radius 1 is 1.06 bits per heavy atom. The maximum atomic E-state index is 13.9. The molecule has 0 saturated heterocycles. The monoisotopic (exact) mass is 510 g/mol. The molecule has 2 aliphatic rings. The average molecular weight is 511 g/mol. The lowest BCUT2D eigenvalue weighted by Crippen LogP contribution is -2.35. The van der Waals surface area contributed by atoms with Crippen LogP contribution in [0.15, 0.2) is 48.5 Å². The molecule has 1 fully saturated rings. The molecule has 2 aromatic carbocycles. The van der Waals surface area contributed by atoms with Crippen molar-refractivity contribution in [1.82, 2.24) is 10.2 Å². The molecule has 0 bridgehead atoms. The minimum atomic E-state index is -4.64. The van der Waals surface area contributed by atoms with Gasteiger partial charge in [0.05, 0.1) is 18.0 Å². The molecule has 5 nitrogen and oxygen atoms in total. The highest BCUT2D eigenvalue weighted by Gasteiger charge is 2.40. The van der Waals surface area contributed by atoms with Gasteiger partial charge in [-0.1, -0.05) is 35.7 Å². The largest absolute Gasteiger partial charge is 0.416 e. The quantitative estimate of drug-likeness (QED) is 0.457. The maximum absolute atomic E-state index is 13.9. The number of carbonyl (C=O) groups is 1. The van der Waals surface area contributed by atoms with Crippen LogP contribution < -0.4 is 10.6 Å². The van der Waals surface area contributed by atoms with Crippen molar-refractivity contribution < 1.29 is 18.0 Å². The summed E-state index contributed by atoms with van der Waals surface area (Å²) in [4.78, 5) is 15.3. The molecule has 5 rings (SSSR count). The second-order valence-electron chi connectivity index (χ2n) is 9.05. The molecule has 9 heteroatoms.